The fourth-order valence-corrected chi connectivity index (χ4v) is 4.77. The molecule has 2 unspecified atom stereocenters. The van der Waals surface area contributed by atoms with Gasteiger partial charge < -0.3 is 10.6 Å². The Balaban J connectivity index is 0.00000176. The summed E-state index contributed by atoms with van der Waals surface area (Å²) < 4.78 is 0. The van der Waals surface area contributed by atoms with Crippen molar-refractivity contribution in [2.45, 2.75) is 89.1 Å². The van der Waals surface area contributed by atoms with Gasteiger partial charge in [0.1, 0.15) is 0 Å². The van der Waals surface area contributed by atoms with Gasteiger partial charge in [0, 0.05) is 25.0 Å². The fourth-order valence-electron chi connectivity index (χ4n) is 4.77. The van der Waals surface area contributed by atoms with Crippen molar-refractivity contribution in [3.8, 4) is 0 Å². The molecule has 2 heterocycles. The largest absolute Gasteiger partial charge is 0.356 e. The normalized spacial score (nSPS) is 31.5. The fraction of sp³-hybridized carbons (Fsp3) is 0.944. The second-order valence-corrected chi connectivity index (χ2v) is 7.68. The van der Waals surface area contributed by atoms with Crippen molar-refractivity contribution in [2.24, 2.45) is 11.8 Å². The van der Waals surface area contributed by atoms with Crippen LogP contribution in [0.15, 0.2) is 0 Å². The summed E-state index contributed by atoms with van der Waals surface area (Å²) in [7, 11) is 0. The Bertz CT molecular complexity index is 332. The Hall–Kier alpha value is -0.280. The Kier molecular flexibility index (Phi) is 7.49. The van der Waals surface area contributed by atoms with Gasteiger partial charge in [-0.15, -0.1) is 12.4 Å². The van der Waals surface area contributed by atoms with Gasteiger partial charge in [-0.1, -0.05) is 32.1 Å². The van der Waals surface area contributed by atoms with Crippen molar-refractivity contribution >= 4 is 18.3 Å². The average Bonchev–Trinajstić information content (AvgIpc) is 2.84. The van der Waals surface area contributed by atoms with Gasteiger partial charge in [0.2, 0.25) is 5.91 Å². The molecule has 2 N–H and O–H groups in total. The number of fused-ring (bicyclic) bond motifs is 2. The molecule has 0 aromatic heterocycles. The third-order valence-corrected chi connectivity index (χ3v) is 5.88. The molecule has 22 heavy (non-hydrogen) atoms. The maximum Gasteiger partial charge on any atom is 0.220 e. The van der Waals surface area contributed by atoms with Crippen molar-refractivity contribution < 1.29 is 4.79 Å². The third-order valence-electron chi connectivity index (χ3n) is 5.88. The summed E-state index contributed by atoms with van der Waals surface area (Å²) in [5.41, 5.74) is 0. The predicted molar refractivity (Wildman–Crippen MR) is 93.4 cm³/mol. The number of hydrogen-bond acceptors (Lipinski definition) is 2. The number of amides is 1. The molecule has 3 nitrogen and oxygen atoms in total. The van der Waals surface area contributed by atoms with E-state index in [1.54, 1.807) is 0 Å². The maximum atomic E-state index is 12.1. The molecule has 0 radical (unpaired) electrons. The van der Waals surface area contributed by atoms with Crippen LogP contribution in [0, 0.1) is 11.8 Å². The van der Waals surface area contributed by atoms with Crippen LogP contribution in [0.4, 0.5) is 0 Å². The number of rotatable bonds is 6. The lowest BCUT2D eigenvalue weighted by Crippen LogP contribution is -2.39. The van der Waals surface area contributed by atoms with Crippen LogP contribution < -0.4 is 10.6 Å². The molecule has 0 aromatic carbocycles. The van der Waals surface area contributed by atoms with Crippen LogP contribution in [0.2, 0.25) is 0 Å². The number of carbonyl (C=O) groups excluding carboxylic acids is 1. The van der Waals surface area contributed by atoms with Crippen molar-refractivity contribution in [1.29, 1.82) is 0 Å². The Labute approximate surface area is 141 Å². The molecular weight excluding hydrogens is 296 g/mol. The van der Waals surface area contributed by atoms with Gasteiger partial charge in [-0.2, -0.15) is 0 Å². The van der Waals surface area contributed by atoms with E-state index in [1.807, 2.05) is 0 Å². The summed E-state index contributed by atoms with van der Waals surface area (Å²) in [5.74, 6) is 1.86. The van der Waals surface area contributed by atoms with Crippen LogP contribution in [0.25, 0.3) is 0 Å². The van der Waals surface area contributed by atoms with E-state index in [0.717, 1.165) is 18.9 Å². The quantitative estimate of drug-likeness (QED) is 0.728. The number of carbonyl (C=O) groups is 1. The lowest BCUT2D eigenvalue weighted by molar-refractivity contribution is -0.122. The van der Waals surface area contributed by atoms with E-state index in [2.05, 4.69) is 10.6 Å². The first-order valence-corrected chi connectivity index (χ1v) is 9.32. The van der Waals surface area contributed by atoms with E-state index in [-0.39, 0.29) is 12.4 Å². The molecule has 3 aliphatic rings. The summed E-state index contributed by atoms with van der Waals surface area (Å²) in [6.07, 6.45) is 15.5. The minimum atomic E-state index is 0. The zero-order chi connectivity index (χ0) is 14.5. The molecule has 128 valence electrons. The van der Waals surface area contributed by atoms with E-state index in [1.165, 1.54) is 70.6 Å². The topological polar surface area (TPSA) is 41.1 Å². The monoisotopic (exact) mass is 328 g/mol. The van der Waals surface area contributed by atoms with E-state index in [4.69, 9.17) is 0 Å². The lowest BCUT2D eigenvalue weighted by Gasteiger charge is -2.28. The first kappa shape index (κ1) is 18.1. The molecule has 0 aromatic rings. The minimum Gasteiger partial charge on any atom is -0.356 e. The summed E-state index contributed by atoms with van der Waals surface area (Å²) in [4.78, 5) is 12.1. The van der Waals surface area contributed by atoms with E-state index >= 15 is 0 Å². The van der Waals surface area contributed by atoms with Gasteiger partial charge in [-0.05, 0) is 50.4 Å². The number of piperidine rings is 1. The zero-order valence-electron chi connectivity index (χ0n) is 13.8. The Morgan fingerprint density at radius 3 is 2.32 bits per heavy atom. The zero-order valence-corrected chi connectivity index (χ0v) is 14.6. The molecule has 0 spiro atoms. The van der Waals surface area contributed by atoms with Crippen LogP contribution in [-0.2, 0) is 4.79 Å². The molecular formula is C18H33ClN2O. The summed E-state index contributed by atoms with van der Waals surface area (Å²) >= 11 is 0. The number of hydrogen-bond donors (Lipinski definition) is 2. The van der Waals surface area contributed by atoms with Crippen LogP contribution in [0.1, 0.15) is 77.0 Å². The number of halogens is 1. The Morgan fingerprint density at radius 1 is 0.955 bits per heavy atom. The van der Waals surface area contributed by atoms with Crippen LogP contribution in [0.5, 0.6) is 0 Å². The summed E-state index contributed by atoms with van der Waals surface area (Å²) in [6.45, 7) is 0.896. The highest BCUT2D eigenvalue weighted by Gasteiger charge is 2.34. The second-order valence-electron chi connectivity index (χ2n) is 7.68. The molecule has 1 saturated carbocycles. The highest BCUT2D eigenvalue weighted by Crippen LogP contribution is 2.32. The summed E-state index contributed by atoms with van der Waals surface area (Å²) in [5, 5.41) is 6.81. The van der Waals surface area contributed by atoms with Crippen LogP contribution in [0.3, 0.4) is 0 Å². The Morgan fingerprint density at radius 2 is 1.64 bits per heavy atom. The smallest absolute Gasteiger partial charge is 0.220 e. The highest BCUT2D eigenvalue weighted by molar-refractivity contribution is 5.85. The SMILES string of the molecule is Cl.O=C(CC1CC2CCC(C1)N2)NCCCC1CCCCC1. The molecule has 1 aliphatic carbocycles. The number of nitrogens with one attached hydrogen (secondary N) is 2. The van der Waals surface area contributed by atoms with Crippen LogP contribution in [-0.4, -0.2) is 24.5 Å². The standard InChI is InChI=1S/C18H32N2O.ClH/c21-18(13-15-11-16-8-9-17(12-15)20-16)19-10-4-7-14-5-2-1-3-6-14;/h14-17,20H,1-13H2,(H,19,21);1H. The highest BCUT2D eigenvalue weighted by atomic mass is 35.5. The molecule has 3 rings (SSSR count). The van der Waals surface area contributed by atoms with Crippen molar-refractivity contribution in [2.75, 3.05) is 6.54 Å². The lowest BCUT2D eigenvalue weighted by atomic mass is 9.86. The second kappa shape index (κ2) is 9.12. The van der Waals surface area contributed by atoms with Crippen molar-refractivity contribution in [3.63, 3.8) is 0 Å². The first-order valence-electron chi connectivity index (χ1n) is 9.32. The minimum absolute atomic E-state index is 0. The van der Waals surface area contributed by atoms with Gasteiger partial charge in [0.25, 0.3) is 0 Å². The third kappa shape index (κ3) is 5.42. The van der Waals surface area contributed by atoms with Gasteiger partial charge in [0.05, 0.1) is 0 Å². The van der Waals surface area contributed by atoms with E-state index < -0.39 is 0 Å². The first-order chi connectivity index (χ1) is 10.3. The maximum absolute atomic E-state index is 12.1. The molecule has 4 heteroatoms. The van der Waals surface area contributed by atoms with Gasteiger partial charge >= 0.3 is 0 Å². The average molecular weight is 329 g/mol. The molecule has 2 saturated heterocycles. The van der Waals surface area contributed by atoms with E-state index in [9.17, 15) is 4.79 Å². The van der Waals surface area contributed by atoms with Gasteiger partial charge in [-0.25, -0.2) is 0 Å². The van der Waals surface area contributed by atoms with Crippen molar-refractivity contribution in [1.82, 2.24) is 10.6 Å². The molecule has 3 fully saturated rings. The van der Waals surface area contributed by atoms with Gasteiger partial charge in [-0.3, -0.25) is 4.79 Å². The molecule has 2 bridgehead atoms. The van der Waals surface area contributed by atoms with Crippen LogP contribution >= 0.6 is 12.4 Å². The molecule has 2 atom stereocenters. The van der Waals surface area contributed by atoms with E-state index in [0.29, 0.717) is 23.9 Å². The van der Waals surface area contributed by atoms with Crippen molar-refractivity contribution in [3.05, 3.63) is 0 Å². The molecule has 2 aliphatic heterocycles. The van der Waals surface area contributed by atoms with Gasteiger partial charge in [0.15, 0.2) is 0 Å². The summed E-state index contributed by atoms with van der Waals surface area (Å²) in [6, 6.07) is 1.40. The predicted octanol–water partition coefficient (Wildman–Crippen LogP) is 3.81. The molecule has 1 amide bonds.